The monoisotopic (exact) mass is 303 g/mol. The standard InChI is InChI=1S/C11H14BrNO2S/c1-8(2)7-15-13-11(14)6-4-9-3-5-10(12)16-9/h3-6,8H,7H2,1-2H3,(H,13,14)/b6-4+. The van der Waals surface area contributed by atoms with Crippen molar-refractivity contribution in [3.05, 3.63) is 26.9 Å². The van der Waals surface area contributed by atoms with Crippen molar-refractivity contribution >= 4 is 39.2 Å². The Morgan fingerprint density at radius 3 is 2.94 bits per heavy atom. The van der Waals surface area contributed by atoms with Crippen LogP contribution in [0, 0.1) is 5.92 Å². The van der Waals surface area contributed by atoms with Crippen molar-refractivity contribution in [3.8, 4) is 0 Å². The maximum absolute atomic E-state index is 11.3. The fourth-order valence-electron chi connectivity index (χ4n) is 0.889. The molecule has 88 valence electrons. The highest BCUT2D eigenvalue weighted by molar-refractivity contribution is 9.11. The highest BCUT2D eigenvalue weighted by Gasteiger charge is 1.98. The number of carbonyl (C=O) groups excluding carboxylic acids is 1. The molecule has 1 heterocycles. The Balaban J connectivity index is 2.31. The second-order valence-corrected chi connectivity index (χ2v) is 6.14. The van der Waals surface area contributed by atoms with E-state index in [4.69, 9.17) is 4.84 Å². The summed E-state index contributed by atoms with van der Waals surface area (Å²) in [5, 5.41) is 0. The van der Waals surface area contributed by atoms with Crippen molar-refractivity contribution in [3.63, 3.8) is 0 Å². The van der Waals surface area contributed by atoms with Crippen molar-refractivity contribution in [2.24, 2.45) is 5.92 Å². The van der Waals surface area contributed by atoms with Crippen LogP contribution in [0.3, 0.4) is 0 Å². The summed E-state index contributed by atoms with van der Waals surface area (Å²) in [6.45, 7) is 4.56. The summed E-state index contributed by atoms with van der Waals surface area (Å²) < 4.78 is 1.05. The molecule has 0 saturated heterocycles. The Labute approximate surface area is 108 Å². The van der Waals surface area contributed by atoms with Crippen LogP contribution in [0.2, 0.25) is 0 Å². The first-order chi connectivity index (χ1) is 7.58. The van der Waals surface area contributed by atoms with Crippen LogP contribution in [0.1, 0.15) is 18.7 Å². The molecule has 5 heteroatoms. The molecule has 0 aliphatic heterocycles. The molecule has 0 radical (unpaired) electrons. The van der Waals surface area contributed by atoms with Crippen LogP contribution >= 0.6 is 27.3 Å². The highest BCUT2D eigenvalue weighted by atomic mass is 79.9. The van der Waals surface area contributed by atoms with Crippen molar-refractivity contribution in [1.82, 2.24) is 5.48 Å². The largest absolute Gasteiger partial charge is 0.273 e. The Hall–Kier alpha value is -0.650. The van der Waals surface area contributed by atoms with E-state index in [1.54, 1.807) is 17.4 Å². The molecule has 16 heavy (non-hydrogen) atoms. The summed E-state index contributed by atoms with van der Waals surface area (Å²) in [5.74, 6) is 0.155. The number of thiophene rings is 1. The van der Waals surface area contributed by atoms with Crippen molar-refractivity contribution in [2.75, 3.05) is 6.61 Å². The average molecular weight is 304 g/mol. The fraction of sp³-hybridized carbons (Fsp3) is 0.364. The maximum atomic E-state index is 11.3. The van der Waals surface area contributed by atoms with E-state index >= 15 is 0 Å². The third-order valence-electron chi connectivity index (χ3n) is 1.58. The predicted molar refractivity (Wildman–Crippen MR) is 70.0 cm³/mol. The van der Waals surface area contributed by atoms with Crippen LogP contribution in [0.15, 0.2) is 22.0 Å². The Morgan fingerprint density at radius 2 is 2.38 bits per heavy atom. The fourth-order valence-corrected chi connectivity index (χ4v) is 2.22. The van der Waals surface area contributed by atoms with Crippen LogP contribution < -0.4 is 5.48 Å². The van der Waals surface area contributed by atoms with E-state index in [0.717, 1.165) is 8.66 Å². The molecule has 0 saturated carbocycles. The third-order valence-corrected chi connectivity index (χ3v) is 3.17. The molecule has 1 rings (SSSR count). The van der Waals surface area contributed by atoms with Gasteiger partial charge in [0.1, 0.15) is 0 Å². The van der Waals surface area contributed by atoms with E-state index in [9.17, 15) is 4.79 Å². The summed E-state index contributed by atoms with van der Waals surface area (Å²) in [7, 11) is 0. The van der Waals surface area contributed by atoms with Gasteiger partial charge in [0, 0.05) is 11.0 Å². The Kier molecular flexibility index (Phi) is 5.73. The van der Waals surface area contributed by atoms with Crippen molar-refractivity contribution in [2.45, 2.75) is 13.8 Å². The van der Waals surface area contributed by atoms with Crippen LogP contribution in [0.4, 0.5) is 0 Å². The first-order valence-electron chi connectivity index (χ1n) is 4.93. The van der Waals surface area contributed by atoms with E-state index in [-0.39, 0.29) is 5.91 Å². The van der Waals surface area contributed by atoms with E-state index < -0.39 is 0 Å². The zero-order chi connectivity index (χ0) is 12.0. The molecule has 0 aromatic carbocycles. The molecule has 0 bridgehead atoms. The summed E-state index contributed by atoms with van der Waals surface area (Å²) >= 11 is 4.92. The van der Waals surface area contributed by atoms with Gasteiger partial charge in [-0.25, -0.2) is 5.48 Å². The first kappa shape index (κ1) is 13.4. The molecule has 0 aliphatic carbocycles. The molecule has 0 atom stereocenters. The lowest BCUT2D eigenvalue weighted by Crippen LogP contribution is -2.23. The Bertz CT molecular complexity index is 374. The predicted octanol–water partition coefficient (Wildman–Crippen LogP) is 3.23. The minimum Gasteiger partial charge on any atom is -0.273 e. The lowest BCUT2D eigenvalue weighted by atomic mass is 10.2. The van der Waals surface area contributed by atoms with Gasteiger partial charge in [0.05, 0.1) is 10.4 Å². The van der Waals surface area contributed by atoms with Gasteiger partial charge in [-0.3, -0.25) is 9.63 Å². The molecule has 1 aromatic heterocycles. The molecule has 0 unspecified atom stereocenters. The molecule has 1 N–H and O–H groups in total. The number of rotatable bonds is 5. The number of hydrogen-bond donors (Lipinski definition) is 1. The van der Waals surface area contributed by atoms with Gasteiger partial charge >= 0.3 is 0 Å². The van der Waals surface area contributed by atoms with Crippen LogP contribution in [0.25, 0.3) is 6.08 Å². The first-order valence-corrected chi connectivity index (χ1v) is 6.54. The summed E-state index contributed by atoms with van der Waals surface area (Å²) in [6.07, 6.45) is 3.21. The number of carbonyl (C=O) groups is 1. The number of halogens is 1. The number of hydroxylamine groups is 1. The lowest BCUT2D eigenvalue weighted by Gasteiger charge is -2.05. The van der Waals surface area contributed by atoms with E-state index in [2.05, 4.69) is 21.4 Å². The second kappa shape index (κ2) is 6.83. The second-order valence-electron chi connectivity index (χ2n) is 3.65. The Morgan fingerprint density at radius 1 is 1.62 bits per heavy atom. The van der Waals surface area contributed by atoms with Gasteiger partial charge in [-0.1, -0.05) is 13.8 Å². The summed E-state index contributed by atoms with van der Waals surface area (Å²) in [5.41, 5.74) is 2.36. The molecular formula is C11H14BrNO2S. The highest BCUT2D eigenvalue weighted by Crippen LogP contribution is 2.22. The van der Waals surface area contributed by atoms with E-state index in [1.807, 2.05) is 26.0 Å². The smallest absolute Gasteiger partial charge is 0.267 e. The minimum atomic E-state index is -0.245. The van der Waals surface area contributed by atoms with Gasteiger partial charge in [0.25, 0.3) is 5.91 Å². The van der Waals surface area contributed by atoms with E-state index in [1.165, 1.54) is 6.08 Å². The van der Waals surface area contributed by atoms with Crippen molar-refractivity contribution < 1.29 is 9.63 Å². The normalized spacial score (nSPS) is 11.2. The maximum Gasteiger partial charge on any atom is 0.267 e. The van der Waals surface area contributed by atoms with Gasteiger partial charge in [0.15, 0.2) is 0 Å². The SMILES string of the molecule is CC(C)CONC(=O)/C=C/c1ccc(Br)s1. The van der Waals surface area contributed by atoms with Gasteiger partial charge in [0.2, 0.25) is 0 Å². The van der Waals surface area contributed by atoms with Crippen LogP contribution in [-0.2, 0) is 9.63 Å². The average Bonchev–Trinajstić information content (AvgIpc) is 2.61. The number of amides is 1. The van der Waals surface area contributed by atoms with Gasteiger partial charge in [-0.05, 0) is 40.1 Å². The molecular weight excluding hydrogens is 290 g/mol. The van der Waals surface area contributed by atoms with Gasteiger partial charge in [-0.15, -0.1) is 11.3 Å². The molecule has 1 aromatic rings. The van der Waals surface area contributed by atoms with Gasteiger partial charge < -0.3 is 0 Å². The molecule has 0 fully saturated rings. The number of hydrogen-bond acceptors (Lipinski definition) is 3. The van der Waals surface area contributed by atoms with Gasteiger partial charge in [-0.2, -0.15) is 0 Å². The molecule has 0 aliphatic rings. The quantitative estimate of drug-likeness (QED) is 0.670. The zero-order valence-electron chi connectivity index (χ0n) is 9.20. The topological polar surface area (TPSA) is 38.3 Å². The van der Waals surface area contributed by atoms with Crippen LogP contribution in [0.5, 0.6) is 0 Å². The molecule has 1 amide bonds. The lowest BCUT2D eigenvalue weighted by molar-refractivity contribution is -0.129. The molecule has 0 spiro atoms. The third kappa shape index (κ3) is 5.44. The zero-order valence-corrected chi connectivity index (χ0v) is 11.6. The summed E-state index contributed by atoms with van der Waals surface area (Å²) in [4.78, 5) is 17.3. The van der Waals surface area contributed by atoms with Crippen LogP contribution in [-0.4, -0.2) is 12.5 Å². The molecule has 3 nitrogen and oxygen atoms in total. The number of nitrogens with one attached hydrogen (secondary N) is 1. The summed E-state index contributed by atoms with van der Waals surface area (Å²) in [6, 6.07) is 3.88. The van der Waals surface area contributed by atoms with Crippen molar-refractivity contribution in [1.29, 1.82) is 0 Å². The minimum absolute atomic E-state index is 0.245. The van der Waals surface area contributed by atoms with E-state index in [0.29, 0.717) is 12.5 Å².